The molecule has 7 nitrogen and oxygen atoms in total. The Hall–Kier alpha value is -2.41. The molecule has 0 saturated carbocycles. The Labute approximate surface area is 160 Å². The first kappa shape index (κ1) is 19.4. The van der Waals surface area contributed by atoms with Gasteiger partial charge in [0.1, 0.15) is 17.3 Å². The molecule has 0 spiro atoms. The van der Waals surface area contributed by atoms with Crippen molar-refractivity contribution in [1.82, 2.24) is 20.2 Å². The molecular formula is C20H29N5O2. The van der Waals surface area contributed by atoms with E-state index in [1.807, 2.05) is 32.9 Å². The minimum Gasteiger partial charge on any atom is -0.465 e. The Kier molecular flexibility index (Phi) is 5.51. The quantitative estimate of drug-likeness (QED) is 0.871. The molecule has 0 radical (unpaired) electrons. The average molecular weight is 371 g/mol. The number of amides is 1. The summed E-state index contributed by atoms with van der Waals surface area (Å²) in [7, 11) is 3.43. The highest BCUT2D eigenvalue weighted by molar-refractivity contribution is 5.90. The second-order valence-corrected chi connectivity index (χ2v) is 7.55. The lowest BCUT2D eigenvalue weighted by Crippen LogP contribution is -2.35. The zero-order valence-electron chi connectivity index (χ0n) is 17.0. The lowest BCUT2D eigenvalue weighted by atomic mass is 10.2. The van der Waals surface area contributed by atoms with E-state index in [9.17, 15) is 4.79 Å². The van der Waals surface area contributed by atoms with Crippen LogP contribution < -0.4 is 10.2 Å². The van der Waals surface area contributed by atoms with Gasteiger partial charge in [0.2, 0.25) is 5.82 Å². The molecule has 2 aromatic heterocycles. The van der Waals surface area contributed by atoms with Gasteiger partial charge in [-0.1, -0.05) is 0 Å². The van der Waals surface area contributed by atoms with E-state index in [2.05, 4.69) is 27.1 Å². The third-order valence-corrected chi connectivity index (χ3v) is 5.12. The zero-order chi connectivity index (χ0) is 19.7. The molecule has 2 aromatic rings. The predicted octanol–water partition coefficient (Wildman–Crippen LogP) is 2.63. The number of nitrogens with zero attached hydrogens (tertiary/aromatic N) is 4. The summed E-state index contributed by atoms with van der Waals surface area (Å²) in [5, 5.41) is 3.64. The van der Waals surface area contributed by atoms with Gasteiger partial charge < -0.3 is 19.5 Å². The van der Waals surface area contributed by atoms with Crippen molar-refractivity contribution >= 4 is 11.7 Å². The molecule has 3 heterocycles. The van der Waals surface area contributed by atoms with E-state index >= 15 is 0 Å². The highest BCUT2D eigenvalue weighted by atomic mass is 16.3. The summed E-state index contributed by atoms with van der Waals surface area (Å²) >= 11 is 0. The summed E-state index contributed by atoms with van der Waals surface area (Å²) in [6, 6.07) is 4.51. The molecule has 0 aliphatic carbocycles. The Morgan fingerprint density at radius 3 is 2.67 bits per heavy atom. The van der Waals surface area contributed by atoms with Crippen LogP contribution in [0.15, 0.2) is 16.5 Å². The average Bonchev–Trinajstić information content (AvgIpc) is 3.25. The van der Waals surface area contributed by atoms with Gasteiger partial charge in [0.05, 0.1) is 6.04 Å². The van der Waals surface area contributed by atoms with E-state index < -0.39 is 0 Å². The molecule has 2 atom stereocenters. The Balaban J connectivity index is 1.73. The van der Waals surface area contributed by atoms with E-state index in [1.54, 1.807) is 14.1 Å². The molecule has 1 saturated heterocycles. The summed E-state index contributed by atoms with van der Waals surface area (Å²) in [6.45, 7) is 9.77. The third kappa shape index (κ3) is 4.13. The Morgan fingerprint density at radius 1 is 1.30 bits per heavy atom. The van der Waals surface area contributed by atoms with Crippen molar-refractivity contribution in [3.63, 3.8) is 0 Å². The largest absolute Gasteiger partial charge is 0.465 e. The number of hydrogen-bond acceptors (Lipinski definition) is 6. The summed E-state index contributed by atoms with van der Waals surface area (Å²) in [5.41, 5.74) is 1.88. The number of carbonyl (C=O) groups is 1. The molecule has 0 bridgehead atoms. The van der Waals surface area contributed by atoms with E-state index in [0.717, 1.165) is 48.1 Å². The van der Waals surface area contributed by atoms with E-state index in [-0.39, 0.29) is 17.8 Å². The second kappa shape index (κ2) is 7.68. The first-order valence-electron chi connectivity index (χ1n) is 9.40. The number of aryl methyl sites for hydroxylation is 2. The van der Waals surface area contributed by atoms with Crippen molar-refractivity contribution in [2.45, 2.75) is 46.2 Å². The van der Waals surface area contributed by atoms with Crippen LogP contribution in [0.1, 0.15) is 52.8 Å². The van der Waals surface area contributed by atoms with Crippen molar-refractivity contribution in [2.24, 2.45) is 0 Å². The second-order valence-electron chi connectivity index (χ2n) is 7.55. The van der Waals surface area contributed by atoms with Gasteiger partial charge in [-0.05, 0) is 46.2 Å². The highest BCUT2D eigenvalue weighted by Gasteiger charge is 2.28. The molecule has 7 heteroatoms. The first-order chi connectivity index (χ1) is 12.8. The Bertz CT molecular complexity index is 830. The molecule has 1 aliphatic heterocycles. The van der Waals surface area contributed by atoms with Crippen LogP contribution in [0.4, 0.5) is 5.82 Å². The van der Waals surface area contributed by atoms with Gasteiger partial charge in [-0.15, -0.1) is 0 Å². The summed E-state index contributed by atoms with van der Waals surface area (Å²) in [5.74, 6) is 2.83. The normalized spacial score (nSPS) is 18.0. The van der Waals surface area contributed by atoms with Crippen LogP contribution in [-0.2, 0) is 0 Å². The van der Waals surface area contributed by atoms with Crippen molar-refractivity contribution in [1.29, 1.82) is 0 Å². The highest BCUT2D eigenvalue weighted by Crippen LogP contribution is 2.25. The SMILES string of the molecule is Cc1ccc(C(C)N[C@@H]2CCN(c3nc(C(=O)N(C)C)nc(C)c3C)C2)o1. The predicted molar refractivity (Wildman–Crippen MR) is 105 cm³/mol. The van der Waals surface area contributed by atoms with Gasteiger partial charge in [0, 0.05) is 44.5 Å². The molecule has 27 heavy (non-hydrogen) atoms. The minimum atomic E-state index is -0.171. The topological polar surface area (TPSA) is 74.5 Å². The van der Waals surface area contributed by atoms with Crippen molar-refractivity contribution < 1.29 is 9.21 Å². The number of furan rings is 1. The van der Waals surface area contributed by atoms with Crippen molar-refractivity contribution in [3.05, 3.63) is 40.7 Å². The van der Waals surface area contributed by atoms with Crippen molar-refractivity contribution in [2.75, 3.05) is 32.1 Å². The number of carbonyl (C=O) groups excluding carboxylic acids is 1. The smallest absolute Gasteiger partial charge is 0.291 e. The lowest BCUT2D eigenvalue weighted by Gasteiger charge is -2.23. The maximum atomic E-state index is 12.3. The fraction of sp³-hybridized carbons (Fsp3) is 0.550. The van der Waals surface area contributed by atoms with Crippen LogP contribution in [0.5, 0.6) is 0 Å². The third-order valence-electron chi connectivity index (χ3n) is 5.12. The summed E-state index contributed by atoms with van der Waals surface area (Å²) in [6.07, 6.45) is 1.02. The van der Waals surface area contributed by atoms with E-state index in [4.69, 9.17) is 4.42 Å². The van der Waals surface area contributed by atoms with Gasteiger partial charge in [0.25, 0.3) is 5.91 Å². The molecule has 1 unspecified atom stereocenters. The lowest BCUT2D eigenvalue weighted by molar-refractivity contribution is 0.0815. The first-order valence-corrected chi connectivity index (χ1v) is 9.40. The molecule has 146 valence electrons. The van der Waals surface area contributed by atoms with Gasteiger partial charge in [-0.2, -0.15) is 0 Å². The molecule has 0 aromatic carbocycles. The Morgan fingerprint density at radius 2 is 2.04 bits per heavy atom. The number of hydrogen-bond donors (Lipinski definition) is 1. The molecular weight excluding hydrogens is 342 g/mol. The van der Waals surface area contributed by atoms with Gasteiger partial charge in [0.15, 0.2) is 0 Å². The van der Waals surface area contributed by atoms with E-state index in [1.165, 1.54) is 4.90 Å². The van der Waals surface area contributed by atoms with Gasteiger partial charge in [-0.25, -0.2) is 9.97 Å². The van der Waals surface area contributed by atoms with Crippen LogP contribution >= 0.6 is 0 Å². The van der Waals surface area contributed by atoms with Crippen LogP contribution in [0.25, 0.3) is 0 Å². The number of rotatable bonds is 5. The molecule has 1 amide bonds. The summed E-state index contributed by atoms with van der Waals surface area (Å²) < 4.78 is 5.73. The standard InChI is InChI=1S/C20H29N5O2/c1-12-7-8-17(27-12)15(4)21-16-9-10-25(11-16)19-13(2)14(3)22-18(23-19)20(26)24(5)6/h7-8,15-16,21H,9-11H2,1-6H3/t15?,16-/m1/s1. The number of anilines is 1. The maximum Gasteiger partial charge on any atom is 0.291 e. The van der Waals surface area contributed by atoms with Crippen LogP contribution in [-0.4, -0.2) is 54.0 Å². The number of aromatic nitrogens is 2. The fourth-order valence-electron chi connectivity index (χ4n) is 3.43. The molecule has 3 rings (SSSR count). The number of nitrogens with one attached hydrogen (secondary N) is 1. The van der Waals surface area contributed by atoms with Crippen LogP contribution in [0, 0.1) is 20.8 Å². The molecule has 1 fully saturated rings. The van der Waals surface area contributed by atoms with Gasteiger partial charge in [-0.3, -0.25) is 4.79 Å². The van der Waals surface area contributed by atoms with Crippen molar-refractivity contribution in [3.8, 4) is 0 Å². The van der Waals surface area contributed by atoms with Crippen LogP contribution in [0.3, 0.4) is 0 Å². The van der Waals surface area contributed by atoms with Crippen LogP contribution in [0.2, 0.25) is 0 Å². The fourth-order valence-corrected chi connectivity index (χ4v) is 3.43. The maximum absolute atomic E-state index is 12.3. The monoisotopic (exact) mass is 371 g/mol. The van der Waals surface area contributed by atoms with Gasteiger partial charge >= 0.3 is 0 Å². The van der Waals surface area contributed by atoms with E-state index in [0.29, 0.717) is 6.04 Å². The summed E-state index contributed by atoms with van der Waals surface area (Å²) in [4.78, 5) is 25.0. The molecule has 1 N–H and O–H groups in total. The molecule has 1 aliphatic rings. The minimum absolute atomic E-state index is 0.155. The zero-order valence-corrected chi connectivity index (χ0v) is 17.0.